The molecular formula is C12H18ClN3O2. The number of anilines is 1. The number of hydrogen-bond donors (Lipinski definition) is 2. The highest BCUT2D eigenvalue weighted by molar-refractivity contribution is 6.33. The summed E-state index contributed by atoms with van der Waals surface area (Å²) in [6, 6.07) is 3.08. The fraction of sp³-hybridized carbons (Fsp3) is 0.500. The van der Waals surface area contributed by atoms with E-state index in [1.807, 2.05) is 6.92 Å². The van der Waals surface area contributed by atoms with Crippen molar-refractivity contribution in [3.8, 4) is 0 Å². The summed E-state index contributed by atoms with van der Waals surface area (Å²) in [5.74, 6) is 0.302. The number of halogens is 1. The standard InChI is InChI=1S/C12H18ClN3O2/c1-4-14-10-6-5-9(13)11(15-10)12(18)16(3)8(2)7-17/h5-6,8,17H,4,7H2,1-3H3,(H,14,15). The molecule has 1 atom stereocenters. The van der Waals surface area contributed by atoms with Gasteiger partial charge in [-0.3, -0.25) is 4.79 Å². The third kappa shape index (κ3) is 3.34. The van der Waals surface area contributed by atoms with Gasteiger partial charge in [0.25, 0.3) is 5.91 Å². The van der Waals surface area contributed by atoms with Crippen molar-refractivity contribution in [2.24, 2.45) is 0 Å². The van der Waals surface area contributed by atoms with Gasteiger partial charge in [-0.2, -0.15) is 0 Å². The summed E-state index contributed by atoms with van der Waals surface area (Å²) in [5.41, 5.74) is 0.193. The summed E-state index contributed by atoms with van der Waals surface area (Å²) in [4.78, 5) is 17.8. The van der Waals surface area contributed by atoms with Crippen LogP contribution in [0.3, 0.4) is 0 Å². The molecule has 1 aromatic heterocycles. The fourth-order valence-electron chi connectivity index (χ4n) is 1.36. The van der Waals surface area contributed by atoms with Crippen LogP contribution >= 0.6 is 11.6 Å². The lowest BCUT2D eigenvalue weighted by molar-refractivity contribution is 0.0676. The molecule has 0 bridgehead atoms. The molecule has 0 aliphatic heterocycles. The number of amides is 1. The highest BCUT2D eigenvalue weighted by atomic mass is 35.5. The Morgan fingerprint density at radius 3 is 2.83 bits per heavy atom. The van der Waals surface area contributed by atoms with E-state index in [0.717, 1.165) is 0 Å². The van der Waals surface area contributed by atoms with Gasteiger partial charge in [0.2, 0.25) is 0 Å². The second-order valence-electron chi connectivity index (χ2n) is 4.00. The van der Waals surface area contributed by atoms with Gasteiger partial charge >= 0.3 is 0 Å². The largest absolute Gasteiger partial charge is 0.394 e. The molecule has 0 spiro atoms. The van der Waals surface area contributed by atoms with Gasteiger partial charge in [0.1, 0.15) is 11.5 Å². The highest BCUT2D eigenvalue weighted by Crippen LogP contribution is 2.18. The van der Waals surface area contributed by atoms with Crippen molar-refractivity contribution in [2.75, 3.05) is 25.5 Å². The molecule has 1 aromatic rings. The average Bonchev–Trinajstić information content (AvgIpc) is 2.38. The van der Waals surface area contributed by atoms with Gasteiger partial charge in [0.05, 0.1) is 17.7 Å². The van der Waals surface area contributed by atoms with Gasteiger partial charge in [-0.1, -0.05) is 11.6 Å². The predicted molar refractivity (Wildman–Crippen MR) is 72.1 cm³/mol. The molecule has 5 nitrogen and oxygen atoms in total. The van der Waals surface area contributed by atoms with E-state index >= 15 is 0 Å². The van der Waals surface area contributed by atoms with Crippen LogP contribution in [0.5, 0.6) is 0 Å². The third-order valence-electron chi connectivity index (χ3n) is 2.65. The molecule has 1 rings (SSSR count). The number of hydrogen-bond acceptors (Lipinski definition) is 4. The van der Waals surface area contributed by atoms with E-state index in [0.29, 0.717) is 17.4 Å². The number of likely N-dealkylation sites (N-methyl/N-ethyl adjacent to an activating group) is 1. The zero-order valence-electron chi connectivity index (χ0n) is 10.8. The molecule has 6 heteroatoms. The van der Waals surface area contributed by atoms with Crippen LogP contribution in [-0.2, 0) is 0 Å². The molecule has 2 N–H and O–H groups in total. The number of aliphatic hydroxyl groups excluding tert-OH is 1. The van der Waals surface area contributed by atoms with Crippen molar-refractivity contribution >= 4 is 23.3 Å². The maximum Gasteiger partial charge on any atom is 0.274 e. The molecule has 0 aromatic carbocycles. The van der Waals surface area contributed by atoms with Crippen LogP contribution in [0.15, 0.2) is 12.1 Å². The lowest BCUT2D eigenvalue weighted by Crippen LogP contribution is -2.37. The van der Waals surface area contributed by atoms with Crippen LogP contribution in [0.1, 0.15) is 24.3 Å². The number of nitrogens with zero attached hydrogens (tertiary/aromatic N) is 2. The van der Waals surface area contributed by atoms with Crippen molar-refractivity contribution in [3.05, 3.63) is 22.8 Å². The topological polar surface area (TPSA) is 65.5 Å². The molecule has 0 saturated carbocycles. The zero-order chi connectivity index (χ0) is 13.7. The molecule has 100 valence electrons. The van der Waals surface area contributed by atoms with Gasteiger partial charge in [0.15, 0.2) is 0 Å². The Bertz CT molecular complexity index is 426. The first-order chi connectivity index (χ1) is 8.51. The Hall–Kier alpha value is -1.33. The first kappa shape index (κ1) is 14.7. The van der Waals surface area contributed by atoms with Crippen molar-refractivity contribution in [2.45, 2.75) is 19.9 Å². The lowest BCUT2D eigenvalue weighted by Gasteiger charge is -2.23. The molecule has 1 unspecified atom stereocenters. The van der Waals surface area contributed by atoms with E-state index < -0.39 is 0 Å². The van der Waals surface area contributed by atoms with Crippen LogP contribution in [0.4, 0.5) is 5.82 Å². The summed E-state index contributed by atoms with van der Waals surface area (Å²) in [6.07, 6.45) is 0. The molecular weight excluding hydrogens is 254 g/mol. The van der Waals surface area contributed by atoms with E-state index in [1.165, 1.54) is 4.90 Å². The number of carbonyl (C=O) groups excluding carboxylic acids is 1. The van der Waals surface area contributed by atoms with Crippen molar-refractivity contribution in [1.82, 2.24) is 9.88 Å². The van der Waals surface area contributed by atoms with Gasteiger partial charge in [-0.15, -0.1) is 0 Å². The van der Waals surface area contributed by atoms with Crippen molar-refractivity contribution in [1.29, 1.82) is 0 Å². The van der Waals surface area contributed by atoms with Crippen LogP contribution < -0.4 is 5.32 Å². The molecule has 1 amide bonds. The van der Waals surface area contributed by atoms with Crippen molar-refractivity contribution in [3.63, 3.8) is 0 Å². The zero-order valence-corrected chi connectivity index (χ0v) is 11.5. The molecule has 0 aliphatic carbocycles. The number of aromatic nitrogens is 1. The van der Waals surface area contributed by atoms with Gasteiger partial charge in [-0.05, 0) is 26.0 Å². The lowest BCUT2D eigenvalue weighted by atomic mass is 10.2. The second-order valence-corrected chi connectivity index (χ2v) is 4.41. The monoisotopic (exact) mass is 271 g/mol. The van der Waals surface area contributed by atoms with E-state index in [1.54, 1.807) is 26.1 Å². The molecule has 0 aliphatic rings. The summed E-state index contributed by atoms with van der Waals surface area (Å²) < 4.78 is 0. The maximum atomic E-state index is 12.2. The van der Waals surface area contributed by atoms with E-state index in [4.69, 9.17) is 16.7 Å². The van der Waals surface area contributed by atoms with Gasteiger partial charge < -0.3 is 15.3 Å². The number of nitrogens with one attached hydrogen (secondary N) is 1. The Morgan fingerprint density at radius 2 is 2.28 bits per heavy atom. The third-order valence-corrected chi connectivity index (χ3v) is 2.96. The minimum atomic E-state index is -0.304. The normalized spacial score (nSPS) is 12.1. The second kappa shape index (κ2) is 6.56. The minimum Gasteiger partial charge on any atom is -0.394 e. The number of carbonyl (C=O) groups is 1. The minimum absolute atomic E-state index is 0.104. The van der Waals surface area contributed by atoms with Crippen LogP contribution in [-0.4, -0.2) is 47.1 Å². The smallest absolute Gasteiger partial charge is 0.274 e. The Labute approximate surface area is 112 Å². The molecule has 0 radical (unpaired) electrons. The van der Waals surface area contributed by atoms with Crippen LogP contribution in [0.25, 0.3) is 0 Å². The fourth-order valence-corrected chi connectivity index (χ4v) is 1.55. The average molecular weight is 272 g/mol. The Balaban J connectivity index is 3.00. The predicted octanol–water partition coefficient (Wildman–Crippen LogP) is 1.62. The highest BCUT2D eigenvalue weighted by Gasteiger charge is 2.21. The summed E-state index contributed by atoms with van der Waals surface area (Å²) in [5, 5.41) is 12.4. The first-order valence-corrected chi connectivity index (χ1v) is 6.17. The van der Waals surface area contributed by atoms with Gasteiger partial charge in [0, 0.05) is 13.6 Å². The number of aliphatic hydroxyl groups is 1. The number of rotatable bonds is 5. The quantitative estimate of drug-likeness (QED) is 0.854. The number of pyridine rings is 1. The van der Waals surface area contributed by atoms with E-state index in [-0.39, 0.29) is 24.2 Å². The Kier molecular flexibility index (Phi) is 5.37. The molecule has 0 fully saturated rings. The Morgan fingerprint density at radius 1 is 1.61 bits per heavy atom. The van der Waals surface area contributed by atoms with E-state index in [9.17, 15) is 4.79 Å². The van der Waals surface area contributed by atoms with E-state index in [2.05, 4.69) is 10.3 Å². The first-order valence-electron chi connectivity index (χ1n) is 5.79. The summed E-state index contributed by atoms with van der Waals surface area (Å²) in [6.45, 7) is 4.30. The van der Waals surface area contributed by atoms with Gasteiger partial charge in [-0.25, -0.2) is 4.98 Å². The summed E-state index contributed by atoms with van der Waals surface area (Å²) >= 11 is 5.98. The maximum absolute atomic E-state index is 12.2. The summed E-state index contributed by atoms with van der Waals surface area (Å²) in [7, 11) is 1.61. The van der Waals surface area contributed by atoms with Crippen molar-refractivity contribution < 1.29 is 9.90 Å². The molecule has 0 saturated heterocycles. The SMILES string of the molecule is CCNc1ccc(Cl)c(C(=O)N(C)C(C)CO)n1. The molecule has 1 heterocycles. The van der Waals surface area contributed by atoms with Crippen LogP contribution in [0.2, 0.25) is 5.02 Å². The molecule has 18 heavy (non-hydrogen) atoms. The van der Waals surface area contributed by atoms with Crippen LogP contribution in [0, 0.1) is 0 Å².